The fraction of sp³-hybridized carbons (Fsp3) is 0.500. The zero-order chi connectivity index (χ0) is 6.85. The molecule has 0 saturated carbocycles. The van der Waals surface area contributed by atoms with E-state index in [1.54, 1.807) is 6.92 Å². The second kappa shape index (κ2) is 2.28. The Labute approximate surface area is 56.9 Å². The Balaban J connectivity index is 2.98. The molecular weight excluding hydrogens is 138 g/mol. The van der Waals surface area contributed by atoms with Crippen molar-refractivity contribution in [3.63, 3.8) is 0 Å². The fourth-order valence-electron chi connectivity index (χ4n) is 0.481. The maximum Gasteiger partial charge on any atom is 0.213 e. The molecule has 1 heterocycles. The van der Waals surface area contributed by atoms with E-state index in [1.165, 1.54) is 0 Å². The molecular formula is C4H7N3OS. The summed E-state index contributed by atoms with van der Waals surface area (Å²) in [5.41, 5.74) is 0. The summed E-state index contributed by atoms with van der Waals surface area (Å²) in [5, 5.41) is 14.1. The lowest BCUT2D eigenvalue weighted by atomic mass is 10.4. The Morgan fingerprint density at radius 3 is 2.56 bits per heavy atom. The molecule has 4 nitrogen and oxygen atoms in total. The third-order valence-corrected chi connectivity index (χ3v) is 1.11. The standard InChI is InChI=1S/C4H7N3OS/c1-2(8)3-5-4(9)7-6-3/h2,8H,1H3,(H2,5,6,7,9). The minimum Gasteiger partial charge on any atom is -0.385 e. The van der Waals surface area contributed by atoms with Gasteiger partial charge >= 0.3 is 0 Å². The highest BCUT2D eigenvalue weighted by Gasteiger charge is 2.01. The summed E-state index contributed by atoms with van der Waals surface area (Å²) in [5.74, 6) is 0.472. The first-order valence-corrected chi connectivity index (χ1v) is 2.93. The summed E-state index contributed by atoms with van der Waals surface area (Å²) in [6, 6.07) is 0. The molecule has 0 bridgehead atoms. The van der Waals surface area contributed by atoms with E-state index in [0.29, 0.717) is 10.6 Å². The summed E-state index contributed by atoms with van der Waals surface area (Å²) in [6.07, 6.45) is -0.585. The SMILES string of the molecule is CC(O)c1nc(=S)[nH][nH]1. The molecule has 1 aromatic heterocycles. The number of aromatic amines is 2. The van der Waals surface area contributed by atoms with Crippen LogP contribution in [-0.4, -0.2) is 20.3 Å². The van der Waals surface area contributed by atoms with Gasteiger partial charge in [-0.1, -0.05) is 0 Å². The molecule has 0 aliphatic carbocycles. The van der Waals surface area contributed by atoms with Gasteiger partial charge in [-0.2, -0.15) is 0 Å². The van der Waals surface area contributed by atoms with Crippen molar-refractivity contribution >= 4 is 12.2 Å². The van der Waals surface area contributed by atoms with Crippen LogP contribution >= 0.6 is 12.2 Å². The van der Waals surface area contributed by atoms with Crippen LogP contribution in [-0.2, 0) is 0 Å². The number of rotatable bonds is 1. The summed E-state index contributed by atoms with van der Waals surface area (Å²) < 4.78 is 0.367. The molecule has 0 aliphatic rings. The Morgan fingerprint density at radius 2 is 2.33 bits per heavy atom. The lowest BCUT2D eigenvalue weighted by Gasteiger charge is -1.93. The van der Waals surface area contributed by atoms with Crippen LogP contribution in [0.15, 0.2) is 0 Å². The van der Waals surface area contributed by atoms with Gasteiger partial charge in [0.2, 0.25) is 4.77 Å². The maximum absolute atomic E-state index is 8.88. The van der Waals surface area contributed by atoms with Crippen LogP contribution < -0.4 is 0 Å². The molecule has 0 amide bonds. The van der Waals surface area contributed by atoms with Gasteiger partial charge in [0.15, 0.2) is 5.82 Å². The highest BCUT2D eigenvalue weighted by Crippen LogP contribution is 2.01. The van der Waals surface area contributed by atoms with Crippen molar-refractivity contribution in [1.82, 2.24) is 15.2 Å². The highest BCUT2D eigenvalue weighted by atomic mass is 32.1. The average molecular weight is 145 g/mol. The Bertz CT molecular complexity index is 238. The molecule has 1 aromatic rings. The first kappa shape index (κ1) is 6.44. The average Bonchev–Trinajstić information content (AvgIpc) is 2.14. The molecule has 50 valence electrons. The predicted octanol–water partition coefficient (Wildman–Crippen LogP) is 0.521. The van der Waals surface area contributed by atoms with E-state index in [2.05, 4.69) is 27.4 Å². The van der Waals surface area contributed by atoms with Gasteiger partial charge in [0.25, 0.3) is 0 Å². The van der Waals surface area contributed by atoms with Gasteiger partial charge in [-0.25, -0.2) is 4.98 Å². The van der Waals surface area contributed by atoms with E-state index in [-0.39, 0.29) is 0 Å². The summed E-state index contributed by atoms with van der Waals surface area (Å²) in [6.45, 7) is 1.61. The topological polar surface area (TPSA) is 64.7 Å². The first-order valence-electron chi connectivity index (χ1n) is 2.53. The van der Waals surface area contributed by atoms with Crippen LogP contribution in [0, 0.1) is 4.77 Å². The van der Waals surface area contributed by atoms with E-state index >= 15 is 0 Å². The van der Waals surface area contributed by atoms with E-state index in [0.717, 1.165) is 0 Å². The summed E-state index contributed by atoms with van der Waals surface area (Å²) in [4.78, 5) is 3.76. The van der Waals surface area contributed by atoms with Crippen molar-refractivity contribution in [1.29, 1.82) is 0 Å². The van der Waals surface area contributed by atoms with E-state index in [4.69, 9.17) is 5.11 Å². The maximum atomic E-state index is 8.88. The van der Waals surface area contributed by atoms with Gasteiger partial charge in [0.1, 0.15) is 6.10 Å². The van der Waals surface area contributed by atoms with Gasteiger partial charge in [-0.15, -0.1) is 0 Å². The molecule has 1 unspecified atom stereocenters. The lowest BCUT2D eigenvalue weighted by molar-refractivity contribution is 0.189. The number of aromatic nitrogens is 3. The largest absolute Gasteiger partial charge is 0.385 e. The molecule has 0 saturated heterocycles. The number of nitrogens with one attached hydrogen (secondary N) is 2. The van der Waals surface area contributed by atoms with Crippen molar-refractivity contribution in [2.24, 2.45) is 0 Å². The quantitative estimate of drug-likeness (QED) is 0.505. The van der Waals surface area contributed by atoms with Crippen LogP contribution in [0.2, 0.25) is 0 Å². The molecule has 0 aliphatic heterocycles. The van der Waals surface area contributed by atoms with Crippen LogP contribution in [0.3, 0.4) is 0 Å². The molecule has 1 rings (SSSR count). The van der Waals surface area contributed by atoms with Crippen molar-refractivity contribution < 1.29 is 5.11 Å². The number of hydrogen-bond acceptors (Lipinski definition) is 3. The zero-order valence-electron chi connectivity index (χ0n) is 4.88. The highest BCUT2D eigenvalue weighted by molar-refractivity contribution is 7.71. The number of nitrogens with zero attached hydrogens (tertiary/aromatic N) is 1. The van der Waals surface area contributed by atoms with Crippen LogP contribution in [0.5, 0.6) is 0 Å². The number of H-pyrrole nitrogens is 2. The van der Waals surface area contributed by atoms with Gasteiger partial charge in [0.05, 0.1) is 0 Å². The molecule has 3 N–H and O–H groups in total. The normalized spacial score (nSPS) is 13.6. The minimum atomic E-state index is -0.585. The Kier molecular flexibility index (Phi) is 1.63. The van der Waals surface area contributed by atoms with E-state index in [1.807, 2.05) is 0 Å². The lowest BCUT2D eigenvalue weighted by Crippen LogP contribution is -1.92. The molecule has 9 heavy (non-hydrogen) atoms. The molecule has 0 spiro atoms. The number of aliphatic hydroxyl groups is 1. The molecule has 0 radical (unpaired) electrons. The summed E-state index contributed by atoms with van der Waals surface area (Å²) in [7, 11) is 0. The van der Waals surface area contributed by atoms with Crippen LogP contribution in [0.1, 0.15) is 18.9 Å². The molecule has 1 atom stereocenters. The van der Waals surface area contributed by atoms with Gasteiger partial charge in [-0.3, -0.25) is 10.2 Å². The second-order valence-electron chi connectivity index (χ2n) is 1.73. The van der Waals surface area contributed by atoms with Gasteiger partial charge in [-0.05, 0) is 19.1 Å². The second-order valence-corrected chi connectivity index (χ2v) is 2.11. The van der Waals surface area contributed by atoms with Gasteiger partial charge < -0.3 is 5.11 Å². The minimum absolute atomic E-state index is 0.367. The Hall–Kier alpha value is -0.680. The number of hydrogen-bond donors (Lipinski definition) is 3. The van der Waals surface area contributed by atoms with Crippen LogP contribution in [0.4, 0.5) is 0 Å². The smallest absolute Gasteiger partial charge is 0.213 e. The third kappa shape index (κ3) is 1.36. The summed E-state index contributed by atoms with van der Waals surface area (Å²) >= 11 is 4.64. The fourth-order valence-corrected chi connectivity index (χ4v) is 0.630. The van der Waals surface area contributed by atoms with E-state index in [9.17, 15) is 0 Å². The molecule has 5 heteroatoms. The molecule has 0 aromatic carbocycles. The van der Waals surface area contributed by atoms with Crippen molar-refractivity contribution in [2.45, 2.75) is 13.0 Å². The number of aliphatic hydroxyl groups excluding tert-OH is 1. The Morgan fingerprint density at radius 1 is 1.67 bits per heavy atom. The van der Waals surface area contributed by atoms with Crippen molar-refractivity contribution in [3.8, 4) is 0 Å². The van der Waals surface area contributed by atoms with Gasteiger partial charge in [0, 0.05) is 0 Å². The molecule has 0 fully saturated rings. The predicted molar refractivity (Wildman–Crippen MR) is 34.4 cm³/mol. The van der Waals surface area contributed by atoms with Crippen molar-refractivity contribution in [3.05, 3.63) is 10.6 Å². The first-order chi connectivity index (χ1) is 4.20. The van der Waals surface area contributed by atoms with Crippen LogP contribution in [0.25, 0.3) is 0 Å². The van der Waals surface area contributed by atoms with E-state index < -0.39 is 6.10 Å². The zero-order valence-corrected chi connectivity index (χ0v) is 5.70. The monoisotopic (exact) mass is 145 g/mol. The third-order valence-electron chi connectivity index (χ3n) is 0.915. The van der Waals surface area contributed by atoms with Crippen molar-refractivity contribution in [2.75, 3.05) is 0 Å².